The van der Waals surface area contributed by atoms with E-state index in [4.69, 9.17) is 9.47 Å². The molecule has 0 bridgehead atoms. The van der Waals surface area contributed by atoms with Crippen molar-refractivity contribution in [3.63, 3.8) is 0 Å². The molecule has 1 saturated heterocycles. The van der Waals surface area contributed by atoms with Crippen molar-refractivity contribution in [1.82, 2.24) is 9.47 Å². The Morgan fingerprint density at radius 1 is 1.08 bits per heavy atom. The normalized spacial score (nSPS) is 14.2. The lowest BCUT2D eigenvalue weighted by molar-refractivity contribution is 0.0783. The first-order valence-electron chi connectivity index (χ1n) is 8.77. The van der Waals surface area contributed by atoms with Gasteiger partial charge in [0.1, 0.15) is 17.2 Å². The van der Waals surface area contributed by atoms with Crippen LogP contribution >= 0.6 is 11.3 Å². The molecular formula is C20H22N2O3S. The van der Waals surface area contributed by atoms with Crippen LogP contribution in [-0.4, -0.2) is 42.7 Å². The quantitative estimate of drug-likeness (QED) is 0.682. The molecule has 3 heterocycles. The second-order valence-corrected chi connectivity index (χ2v) is 7.45. The Morgan fingerprint density at radius 3 is 2.42 bits per heavy atom. The van der Waals surface area contributed by atoms with Gasteiger partial charge in [-0.3, -0.25) is 4.79 Å². The molecule has 1 aliphatic rings. The van der Waals surface area contributed by atoms with Gasteiger partial charge in [-0.05, 0) is 48.1 Å². The van der Waals surface area contributed by atoms with Gasteiger partial charge in [0.25, 0.3) is 5.91 Å². The molecule has 1 amide bonds. The summed E-state index contributed by atoms with van der Waals surface area (Å²) in [4.78, 5) is 15.0. The third-order valence-electron chi connectivity index (χ3n) is 4.89. The van der Waals surface area contributed by atoms with E-state index in [1.54, 1.807) is 25.6 Å². The van der Waals surface area contributed by atoms with Gasteiger partial charge < -0.3 is 18.9 Å². The van der Waals surface area contributed by atoms with Crippen LogP contribution in [0.4, 0.5) is 0 Å². The van der Waals surface area contributed by atoms with Crippen LogP contribution in [0.3, 0.4) is 0 Å². The number of benzene rings is 1. The molecule has 0 unspecified atom stereocenters. The van der Waals surface area contributed by atoms with E-state index >= 15 is 0 Å². The Balaban J connectivity index is 1.74. The van der Waals surface area contributed by atoms with Crippen LogP contribution in [0.2, 0.25) is 0 Å². The van der Waals surface area contributed by atoms with Crippen molar-refractivity contribution in [3.8, 4) is 11.5 Å². The van der Waals surface area contributed by atoms with Crippen molar-refractivity contribution in [2.75, 3.05) is 27.3 Å². The molecule has 0 atom stereocenters. The Labute approximate surface area is 156 Å². The van der Waals surface area contributed by atoms with Gasteiger partial charge in [0.05, 0.1) is 24.4 Å². The summed E-state index contributed by atoms with van der Waals surface area (Å²) in [6, 6.07) is 9.95. The number of fused-ring (bicyclic) bond motifs is 1. The number of rotatable bonds is 5. The maximum absolute atomic E-state index is 13.0. The molecule has 1 aromatic carbocycles. The van der Waals surface area contributed by atoms with Crippen molar-refractivity contribution in [2.45, 2.75) is 19.4 Å². The summed E-state index contributed by atoms with van der Waals surface area (Å²) < 4.78 is 14.0. The van der Waals surface area contributed by atoms with Gasteiger partial charge in [-0.15, -0.1) is 11.3 Å². The third kappa shape index (κ3) is 3.05. The molecule has 5 nitrogen and oxygen atoms in total. The fourth-order valence-corrected chi connectivity index (χ4v) is 4.37. The van der Waals surface area contributed by atoms with E-state index in [9.17, 15) is 4.79 Å². The molecule has 0 radical (unpaired) electrons. The van der Waals surface area contributed by atoms with Crippen molar-refractivity contribution in [3.05, 3.63) is 47.0 Å². The van der Waals surface area contributed by atoms with E-state index in [1.165, 1.54) is 0 Å². The molecule has 1 aliphatic heterocycles. The highest BCUT2D eigenvalue weighted by Crippen LogP contribution is 2.29. The Bertz CT molecular complexity index is 916. The van der Waals surface area contributed by atoms with Gasteiger partial charge in [0.15, 0.2) is 0 Å². The monoisotopic (exact) mass is 370 g/mol. The Hall–Kier alpha value is -2.47. The topological polar surface area (TPSA) is 43.7 Å². The first-order valence-corrected chi connectivity index (χ1v) is 9.65. The molecule has 4 rings (SSSR count). The minimum absolute atomic E-state index is 0.126. The predicted molar refractivity (Wildman–Crippen MR) is 104 cm³/mol. The molecule has 0 spiro atoms. The number of hydrogen-bond donors (Lipinski definition) is 0. The highest BCUT2D eigenvalue weighted by molar-refractivity contribution is 7.17. The van der Waals surface area contributed by atoms with Gasteiger partial charge in [-0.1, -0.05) is 0 Å². The zero-order valence-corrected chi connectivity index (χ0v) is 15.8. The first kappa shape index (κ1) is 17.0. The lowest BCUT2D eigenvalue weighted by Gasteiger charge is -2.18. The SMILES string of the molecule is COc1cc(Cn2c(C(=O)N3CCCC3)cc3sccc32)cc(OC)c1. The molecule has 26 heavy (non-hydrogen) atoms. The molecule has 0 aliphatic carbocycles. The minimum Gasteiger partial charge on any atom is -0.497 e. The lowest BCUT2D eigenvalue weighted by atomic mass is 10.2. The summed E-state index contributed by atoms with van der Waals surface area (Å²) >= 11 is 1.67. The van der Waals surface area contributed by atoms with Crippen LogP contribution in [0.15, 0.2) is 35.7 Å². The molecule has 3 aromatic rings. The van der Waals surface area contributed by atoms with Crippen LogP contribution in [0.5, 0.6) is 11.5 Å². The van der Waals surface area contributed by atoms with Gasteiger partial charge in [0, 0.05) is 25.7 Å². The number of hydrogen-bond acceptors (Lipinski definition) is 4. The molecule has 2 aromatic heterocycles. The summed E-state index contributed by atoms with van der Waals surface area (Å²) in [5.41, 5.74) is 2.90. The summed E-state index contributed by atoms with van der Waals surface area (Å²) in [7, 11) is 3.29. The van der Waals surface area contributed by atoms with Crippen molar-refractivity contribution < 1.29 is 14.3 Å². The van der Waals surface area contributed by atoms with Crippen LogP contribution < -0.4 is 9.47 Å². The average molecular weight is 370 g/mol. The predicted octanol–water partition coefficient (Wildman–Crippen LogP) is 4.00. The molecule has 6 heteroatoms. The number of likely N-dealkylation sites (tertiary alicyclic amines) is 1. The van der Waals surface area contributed by atoms with Crippen LogP contribution in [-0.2, 0) is 6.54 Å². The number of carbonyl (C=O) groups excluding carboxylic acids is 1. The summed E-state index contributed by atoms with van der Waals surface area (Å²) in [6.07, 6.45) is 2.18. The molecule has 0 N–H and O–H groups in total. The van der Waals surface area contributed by atoms with E-state index < -0.39 is 0 Å². The number of amides is 1. The highest BCUT2D eigenvalue weighted by atomic mass is 32.1. The maximum atomic E-state index is 13.0. The molecule has 0 saturated carbocycles. The second kappa shape index (κ2) is 7.03. The second-order valence-electron chi connectivity index (χ2n) is 6.51. The summed E-state index contributed by atoms with van der Waals surface area (Å²) in [5.74, 6) is 1.63. The average Bonchev–Trinajstić information content (AvgIpc) is 3.39. The largest absolute Gasteiger partial charge is 0.497 e. The van der Waals surface area contributed by atoms with Gasteiger partial charge in [-0.25, -0.2) is 0 Å². The number of ether oxygens (including phenoxy) is 2. The fraction of sp³-hybridized carbons (Fsp3) is 0.350. The van der Waals surface area contributed by atoms with E-state index in [2.05, 4.69) is 16.0 Å². The summed E-state index contributed by atoms with van der Waals surface area (Å²) in [5, 5.41) is 2.07. The van der Waals surface area contributed by atoms with Crippen LogP contribution in [0.1, 0.15) is 28.9 Å². The van der Waals surface area contributed by atoms with Gasteiger partial charge >= 0.3 is 0 Å². The zero-order chi connectivity index (χ0) is 18.1. The van der Waals surface area contributed by atoms with Gasteiger partial charge in [-0.2, -0.15) is 0 Å². The van der Waals surface area contributed by atoms with Crippen molar-refractivity contribution >= 4 is 27.5 Å². The van der Waals surface area contributed by atoms with E-state index in [-0.39, 0.29) is 5.91 Å². The summed E-state index contributed by atoms with van der Waals surface area (Å²) in [6.45, 7) is 2.30. The Kier molecular flexibility index (Phi) is 4.59. The lowest BCUT2D eigenvalue weighted by Crippen LogP contribution is -2.29. The number of nitrogens with zero attached hydrogens (tertiary/aromatic N) is 2. The van der Waals surface area contributed by atoms with Gasteiger partial charge in [0.2, 0.25) is 0 Å². The van der Waals surface area contributed by atoms with Crippen LogP contribution in [0.25, 0.3) is 10.2 Å². The third-order valence-corrected chi connectivity index (χ3v) is 5.74. The standard InChI is InChI=1S/C20H22N2O3S/c1-24-15-9-14(10-16(11-15)25-2)13-22-17-5-8-26-19(17)12-18(22)20(23)21-6-3-4-7-21/h5,8-12H,3-4,6-7,13H2,1-2H3. The molecule has 136 valence electrons. The zero-order valence-electron chi connectivity index (χ0n) is 15.0. The number of aromatic nitrogens is 1. The highest BCUT2D eigenvalue weighted by Gasteiger charge is 2.24. The van der Waals surface area contributed by atoms with E-state index in [0.717, 1.165) is 58.9 Å². The Morgan fingerprint density at radius 2 is 1.77 bits per heavy atom. The fourth-order valence-electron chi connectivity index (χ4n) is 3.55. The number of methoxy groups -OCH3 is 2. The maximum Gasteiger partial charge on any atom is 0.270 e. The van der Waals surface area contributed by atoms with Crippen molar-refractivity contribution in [2.24, 2.45) is 0 Å². The van der Waals surface area contributed by atoms with E-state index in [1.807, 2.05) is 29.2 Å². The molecule has 1 fully saturated rings. The number of carbonyl (C=O) groups is 1. The van der Waals surface area contributed by atoms with Crippen LogP contribution in [0, 0.1) is 0 Å². The van der Waals surface area contributed by atoms with E-state index in [0.29, 0.717) is 6.54 Å². The first-order chi connectivity index (χ1) is 12.7. The smallest absolute Gasteiger partial charge is 0.270 e. The van der Waals surface area contributed by atoms with Crippen molar-refractivity contribution in [1.29, 1.82) is 0 Å². The minimum atomic E-state index is 0.126. The number of thiophene rings is 1. The molecular weight excluding hydrogens is 348 g/mol.